The molecular weight excluding hydrogens is 286 g/mol. The van der Waals surface area contributed by atoms with Gasteiger partial charge < -0.3 is 9.72 Å². The number of para-hydroxylation sites is 2. The normalized spacial score (nSPS) is 12.5. The van der Waals surface area contributed by atoms with Crippen molar-refractivity contribution in [2.24, 2.45) is 0 Å². The van der Waals surface area contributed by atoms with Crippen molar-refractivity contribution in [2.75, 3.05) is 7.11 Å². The van der Waals surface area contributed by atoms with Crippen LogP contribution in [0.25, 0.3) is 11.0 Å². The molecule has 5 nitrogen and oxygen atoms in total. The van der Waals surface area contributed by atoms with Gasteiger partial charge in [0.25, 0.3) is 0 Å². The molecule has 3 aromatic rings. The zero-order chi connectivity index (χ0) is 14.8. The van der Waals surface area contributed by atoms with E-state index in [-0.39, 0.29) is 0 Å². The minimum absolute atomic E-state index is 0.308. The summed E-state index contributed by atoms with van der Waals surface area (Å²) in [6, 6.07) is 9.42. The van der Waals surface area contributed by atoms with Crippen LogP contribution in [0.4, 0.5) is 0 Å². The Morgan fingerprint density at radius 2 is 2.10 bits per heavy atom. The summed E-state index contributed by atoms with van der Waals surface area (Å²) >= 11 is 0. The Morgan fingerprint density at radius 3 is 2.86 bits per heavy atom. The fourth-order valence-corrected chi connectivity index (χ4v) is 3.26. The summed E-state index contributed by atoms with van der Waals surface area (Å²) < 4.78 is 17.7. The fourth-order valence-electron chi connectivity index (χ4n) is 2.16. The van der Waals surface area contributed by atoms with Gasteiger partial charge in [-0.25, -0.2) is 4.98 Å². The Labute approximate surface area is 124 Å². The molecule has 2 heterocycles. The summed E-state index contributed by atoms with van der Waals surface area (Å²) in [5.41, 5.74) is 3.37. The Kier molecular flexibility index (Phi) is 3.70. The van der Waals surface area contributed by atoms with Crippen LogP contribution in [-0.4, -0.2) is 26.3 Å². The number of H-pyrrole nitrogens is 1. The summed E-state index contributed by atoms with van der Waals surface area (Å²) in [5, 5.41) is 0.472. The number of ether oxygens (including phenoxy) is 1. The zero-order valence-electron chi connectivity index (χ0n) is 11.8. The molecule has 2 aromatic heterocycles. The second kappa shape index (κ2) is 5.65. The van der Waals surface area contributed by atoms with E-state index in [2.05, 4.69) is 15.0 Å². The smallest absolute Gasteiger partial charge is 0.197 e. The lowest BCUT2D eigenvalue weighted by Gasteiger charge is -2.08. The van der Waals surface area contributed by atoms with Crippen molar-refractivity contribution >= 4 is 21.8 Å². The lowest BCUT2D eigenvalue weighted by Crippen LogP contribution is -2.03. The van der Waals surface area contributed by atoms with Crippen LogP contribution in [0.15, 0.2) is 41.7 Å². The standard InChI is InChI=1S/C15H15N3O2S/c1-10-13(16-8-7-14(10)20-2)9-21(19)15-17-11-5-3-4-6-12(11)18-15/h3-8H,9H2,1-2H3,(H,17,18)/t21-/m1/s1. The summed E-state index contributed by atoms with van der Waals surface area (Å²) in [4.78, 5) is 11.8. The Morgan fingerprint density at radius 1 is 1.29 bits per heavy atom. The van der Waals surface area contributed by atoms with Gasteiger partial charge in [-0.2, -0.15) is 0 Å². The third kappa shape index (κ3) is 2.67. The molecule has 0 amide bonds. The molecule has 0 radical (unpaired) electrons. The zero-order valence-corrected chi connectivity index (χ0v) is 12.6. The van der Waals surface area contributed by atoms with Gasteiger partial charge in [-0.3, -0.25) is 9.19 Å². The largest absolute Gasteiger partial charge is 0.496 e. The van der Waals surface area contributed by atoms with Crippen LogP contribution in [0.1, 0.15) is 11.3 Å². The molecule has 0 saturated carbocycles. The van der Waals surface area contributed by atoms with Gasteiger partial charge >= 0.3 is 0 Å². The number of hydrogen-bond donors (Lipinski definition) is 1. The molecule has 1 aromatic carbocycles. The predicted molar refractivity (Wildman–Crippen MR) is 81.7 cm³/mol. The number of benzene rings is 1. The molecule has 0 bridgehead atoms. The number of pyridine rings is 1. The van der Waals surface area contributed by atoms with E-state index in [0.29, 0.717) is 10.9 Å². The average molecular weight is 301 g/mol. The highest BCUT2D eigenvalue weighted by Crippen LogP contribution is 2.21. The van der Waals surface area contributed by atoms with Gasteiger partial charge in [0.05, 0.1) is 40.4 Å². The molecule has 6 heteroatoms. The summed E-state index contributed by atoms with van der Waals surface area (Å²) in [5.74, 6) is 1.06. The van der Waals surface area contributed by atoms with E-state index >= 15 is 0 Å². The number of aromatic amines is 1. The molecule has 0 aliphatic heterocycles. The fraction of sp³-hybridized carbons (Fsp3) is 0.200. The van der Waals surface area contributed by atoms with Crippen molar-refractivity contribution < 1.29 is 8.95 Å². The van der Waals surface area contributed by atoms with E-state index < -0.39 is 10.8 Å². The third-order valence-electron chi connectivity index (χ3n) is 3.33. The monoisotopic (exact) mass is 301 g/mol. The molecule has 0 aliphatic carbocycles. The van der Waals surface area contributed by atoms with Crippen LogP contribution in [0.5, 0.6) is 5.75 Å². The maximum absolute atomic E-state index is 12.5. The number of nitrogens with zero attached hydrogens (tertiary/aromatic N) is 2. The van der Waals surface area contributed by atoms with Crippen molar-refractivity contribution in [2.45, 2.75) is 17.8 Å². The second-order valence-electron chi connectivity index (χ2n) is 4.63. The number of fused-ring (bicyclic) bond motifs is 1. The van der Waals surface area contributed by atoms with E-state index in [4.69, 9.17) is 4.74 Å². The van der Waals surface area contributed by atoms with Gasteiger partial charge in [0.2, 0.25) is 0 Å². The first-order chi connectivity index (χ1) is 10.2. The van der Waals surface area contributed by atoms with Crippen LogP contribution in [0.3, 0.4) is 0 Å². The minimum Gasteiger partial charge on any atom is -0.496 e. The van der Waals surface area contributed by atoms with Crippen LogP contribution >= 0.6 is 0 Å². The molecule has 0 saturated heterocycles. The summed E-state index contributed by atoms with van der Waals surface area (Å²) in [6.07, 6.45) is 1.66. The predicted octanol–water partition coefficient (Wildman–Crippen LogP) is 2.58. The highest BCUT2D eigenvalue weighted by Gasteiger charge is 2.14. The molecular formula is C15H15N3O2S. The second-order valence-corrected chi connectivity index (χ2v) is 6.00. The highest BCUT2D eigenvalue weighted by atomic mass is 32.2. The molecule has 1 atom stereocenters. The quantitative estimate of drug-likeness (QED) is 0.804. The summed E-state index contributed by atoms with van der Waals surface area (Å²) in [7, 11) is 0.341. The topological polar surface area (TPSA) is 67.9 Å². The molecule has 0 fully saturated rings. The molecule has 21 heavy (non-hydrogen) atoms. The minimum atomic E-state index is -1.27. The molecule has 0 spiro atoms. The van der Waals surface area contributed by atoms with Crippen LogP contribution < -0.4 is 4.74 Å². The van der Waals surface area contributed by atoms with Crippen LogP contribution in [0.2, 0.25) is 0 Å². The van der Waals surface area contributed by atoms with E-state index in [1.165, 1.54) is 0 Å². The van der Waals surface area contributed by atoms with E-state index in [1.807, 2.05) is 31.2 Å². The van der Waals surface area contributed by atoms with Crippen molar-refractivity contribution in [1.82, 2.24) is 15.0 Å². The third-order valence-corrected chi connectivity index (χ3v) is 4.49. The lowest BCUT2D eigenvalue weighted by molar-refractivity contribution is 0.410. The average Bonchev–Trinajstić information content (AvgIpc) is 2.93. The van der Waals surface area contributed by atoms with Gasteiger partial charge in [-0.1, -0.05) is 12.1 Å². The molecule has 0 unspecified atom stereocenters. The highest BCUT2D eigenvalue weighted by molar-refractivity contribution is 7.84. The van der Waals surface area contributed by atoms with Crippen LogP contribution in [0, 0.1) is 6.92 Å². The lowest BCUT2D eigenvalue weighted by atomic mass is 10.2. The first-order valence-corrected chi connectivity index (χ1v) is 7.82. The Bertz CT molecular complexity index is 781. The van der Waals surface area contributed by atoms with Gasteiger partial charge in [-0.15, -0.1) is 0 Å². The molecule has 1 N–H and O–H groups in total. The number of methoxy groups -OCH3 is 1. The Hall–Kier alpha value is -2.21. The molecule has 108 valence electrons. The molecule has 3 rings (SSSR count). The van der Waals surface area contributed by atoms with Crippen LogP contribution in [-0.2, 0) is 16.6 Å². The van der Waals surface area contributed by atoms with Crippen molar-refractivity contribution in [3.8, 4) is 5.75 Å². The number of nitrogens with one attached hydrogen (secondary N) is 1. The number of aromatic nitrogens is 3. The van der Waals surface area contributed by atoms with Gasteiger partial charge in [0.15, 0.2) is 5.16 Å². The van der Waals surface area contributed by atoms with E-state index in [9.17, 15) is 4.21 Å². The Balaban J connectivity index is 1.89. The van der Waals surface area contributed by atoms with Gasteiger partial charge in [0, 0.05) is 11.8 Å². The summed E-state index contributed by atoms with van der Waals surface area (Å²) in [6.45, 7) is 1.91. The van der Waals surface area contributed by atoms with Gasteiger partial charge in [-0.05, 0) is 25.1 Å². The molecule has 0 aliphatic rings. The number of imidazole rings is 1. The van der Waals surface area contributed by atoms with Crippen molar-refractivity contribution in [3.63, 3.8) is 0 Å². The first kappa shape index (κ1) is 13.8. The van der Waals surface area contributed by atoms with Gasteiger partial charge in [0.1, 0.15) is 5.75 Å². The first-order valence-electron chi connectivity index (χ1n) is 6.50. The van der Waals surface area contributed by atoms with Crippen molar-refractivity contribution in [1.29, 1.82) is 0 Å². The number of hydrogen-bond acceptors (Lipinski definition) is 4. The van der Waals surface area contributed by atoms with E-state index in [1.54, 1.807) is 19.4 Å². The van der Waals surface area contributed by atoms with E-state index in [0.717, 1.165) is 28.0 Å². The maximum Gasteiger partial charge on any atom is 0.197 e. The SMILES string of the molecule is COc1ccnc(C[S@@](=O)c2nc3ccccc3[nH]2)c1C. The maximum atomic E-state index is 12.5. The van der Waals surface area contributed by atoms with Crippen molar-refractivity contribution in [3.05, 3.63) is 47.8 Å². The number of rotatable bonds is 4.